The van der Waals surface area contributed by atoms with Crippen molar-refractivity contribution in [3.8, 4) is 28.7 Å². The van der Waals surface area contributed by atoms with Crippen LogP contribution < -0.4 is 20.1 Å². The maximum atomic E-state index is 14.5. The Morgan fingerprint density at radius 2 is 1.60 bits per heavy atom. The lowest BCUT2D eigenvalue weighted by Crippen LogP contribution is -2.55. The van der Waals surface area contributed by atoms with Gasteiger partial charge in [-0.25, -0.2) is 13.2 Å². The number of carboxylic acids is 1. The molecule has 0 saturated heterocycles. The fourth-order valence-corrected chi connectivity index (χ4v) is 9.67. The van der Waals surface area contributed by atoms with Gasteiger partial charge < -0.3 is 25.2 Å². The predicted octanol–water partition coefficient (Wildman–Crippen LogP) is 8.02. The molecule has 6 aromatic rings. The molecule has 0 saturated carbocycles. The van der Waals surface area contributed by atoms with Gasteiger partial charge in [0.05, 0.1) is 32.3 Å². The number of fused-ring (bicyclic) bond motifs is 2. The molecule has 1 unspecified atom stereocenters. The standard InChI is InChI=1S/C47H35Cl2N5O10S/c48-36-18-9-29(19-37(36)49)26-63-35-16-14-32(15-17-35)44-46(56)51-38-21-33-22-41(53(25-34(33)23-42(38)64-44)65(61,62)43-4-2-1-3-40(43)54(59)60)45(55)52-39(47(57)58)20-27-5-10-30(11-6-27)31-12-7-28(24-50)8-13-31/h1-19,21,23,39,41,44H,20,22,25-26H2,(H,51,56)(H,52,55)(H,57,58)/t39-,41?,44-/m0/s1. The van der Waals surface area contributed by atoms with E-state index in [9.17, 15) is 38.0 Å². The van der Waals surface area contributed by atoms with Gasteiger partial charge >= 0.3 is 5.97 Å². The summed E-state index contributed by atoms with van der Waals surface area (Å²) in [6.07, 6.45) is -1.57. The number of carbonyl (C=O) groups excluding carboxylic acids is 2. The van der Waals surface area contributed by atoms with Crippen molar-refractivity contribution >= 4 is 62.4 Å². The molecule has 0 bridgehead atoms. The lowest BCUT2D eigenvalue weighted by Gasteiger charge is -2.36. The Hall–Kier alpha value is -7.29. The molecule has 2 aliphatic rings. The molecule has 2 aliphatic heterocycles. The Balaban J connectivity index is 1.04. The second-order valence-corrected chi connectivity index (χ2v) is 17.9. The van der Waals surface area contributed by atoms with Crippen molar-refractivity contribution in [3.05, 3.63) is 181 Å². The van der Waals surface area contributed by atoms with Crippen LogP contribution in [-0.4, -0.2) is 52.6 Å². The minimum atomic E-state index is -4.81. The molecule has 0 aromatic heterocycles. The normalized spacial score (nSPS) is 16.1. The number of carbonyl (C=O) groups is 3. The van der Waals surface area contributed by atoms with E-state index in [1.54, 1.807) is 103 Å². The number of nitro groups is 1. The van der Waals surface area contributed by atoms with E-state index in [1.807, 2.05) is 0 Å². The molecular formula is C47H35Cl2N5O10S. The van der Waals surface area contributed by atoms with E-state index in [2.05, 4.69) is 16.7 Å². The van der Waals surface area contributed by atoms with Crippen molar-refractivity contribution in [1.29, 1.82) is 5.26 Å². The molecule has 65 heavy (non-hydrogen) atoms. The van der Waals surface area contributed by atoms with Crippen molar-refractivity contribution < 1.29 is 42.3 Å². The molecule has 328 valence electrons. The number of nitrogens with one attached hydrogen (secondary N) is 2. The van der Waals surface area contributed by atoms with Crippen molar-refractivity contribution in [2.45, 2.75) is 49.1 Å². The molecule has 2 amide bonds. The zero-order valence-electron chi connectivity index (χ0n) is 33.8. The summed E-state index contributed by atoms with van der Waals surface area (Å²) in [5, 5.41) is 37.6. The lowest BCUT2D eigenvalue weighted by molar-refractivity contribution is -0.387. The number of rotatable bonds is 13. The number of nitriles is 1. The van der Waals surface area contributed by atoms with Crippen LogP contribution in [-0.2, 0) is 50.4 Å². The zero-order chi connectivity index (χ0) is 46.0. The number of halogens is 2. The first-order valence-corrected chi connectivity index (χ1v) is 22.1. The number of benzene rings is 6. The molecule has 18 heteroatoms. The number of nitro benzene ring substituents is 1. The van der Waals surface area contributed by atoms with Crippen LogP contribution in [0.5, 0.6) is 11.5 Å². The maximum Gasteiger partial charge on any atom is 0.326 e. The Bertz CT molecular complexity index is 3020. The average molecular weight is 933 g/mol. The molecule has 0 spiro atoms. The molecule has 2 heterocycles. The van der Waals surface area contributed by atoms with Gasteiger partial charge in [-0.2, -0.15) is 9.57 Å². The number of aliphatic carboxylic acids is 1. The van der Waals surface area contributed by atoms with Gasteiger partial charge in [-0.1, -0.05) is 89.9 Å². The Morgan fingerprint density at radius 3 is 2.26 bits per heavy atom. The Labute approximate surface area is 381 Å². The third-order valence-electron chi connectivity index (χ3n) is 11.0. The first-order valence-electron chi connectivity index (χ1n) is 19.9. The highest BCUT2D eigenvalue weighted by Gasteiger charge is 2.44. The summed E-state index contributed by atoms with van der Waals surface area (Å²) < 4.78 is 41.9. The highest BCUT2D eigenvalue weighted by atomic mass is 35.5. The van der Waals surface area contributed by atoms with Crippen LogP contribution >= 0.6 is 23.2 Å². The molecule has 3 atom stereocenters. The number of ether oxygens (including phenoxy) is 2. The molecule has 8 rings (SSSR count). The predicted molar refractivity (Wildman–Crippen MR) is 239 cm³/mol. The zero-order valence-corrected chi connectivity index (χ0v) is 36.1. The molecule has 0 aliphatic carbocycles. The van der Waals surface area contributed by atoms with Crippen LogP contribution in [0.2, 0.25) is 10.0 Å². The van der Waals surface area contributed by atoms with Crippen molar-refractivity contribution in [2.75, 3.05) is 5.32 Å². The molecule has 15 nitrogen and oxygen atoms in total. The lowest BCUT2D eigenvalue weighted by atomic mass is 9.93. The summed E-state index contributed by atoms with van der Waals surface area (Å²) in [7, 11) is -4.81. The van der Waals surface area contributed by atoms with Gasteiger partial charge in [-0.05, 0) is 94.4 Å². The Kier molecular flexibility index (Phi) is 12.6. The molecule has 3 N–H and O–H groups in total. The molecule has 0 fully saturated rings. The minimum Gasteiger partial charge on any atom is -0.489 e. The van der Waals surface area contributed by atoms with Crippen LogP contribution in [0.1, 0.15) is 39.5 Å². The highest BCUT2D eigenvalue weighted by Crippen LogP contribution is 2.41. The molecule has 6 aromatic carbocycles. The van der Waals surface area contributed by atoms with Crippen molar-refractivity contribution in [1.82, 2.24) is 9.62 Å². The number of anilines is 1. The van der Waals surface area contributed by atoms with Crippen LogP contribution in [0, 0.1) is 21.4 Å². The quantitative estimate of drug-likeness (QED) is 0.0744. The second-order valence-electron chi connectivity index (χ2n) is 15.2. The van der Waals surface area contributed by atoms with Crippen LogP contribution in [0.3, 0.4) is 0 Å². The maximum absolute atomic E-state index is 14.5. The van der Waals surface area contributed by atoms with E-state index in [4.69, 9.17) is 37.9 Å². The van der Waals surface area contributed by atoms with E-state index in [-0.39, 0.29) is 30.9 Å². The summed E-state index contributed by atoms with van der Waals surface area (Å²) in [4.78, 5) is 50.9. The summed E-state index contributed by atoms with van der Waals surface area (Å²) >= 11 is 12.1. The number of nitrogens with zero attached hydrogens (tertiary/aromatic N) is 3. The second kappa shape index (κ2) is 18.4. The SMILES string of the molecule is N#Cc1ccc(-c2ccc(C[C@H](NC(=O)C3Cc4cc5c(cc4CN3S(=O)(=O)c3ccccc3[N+](=O)[O-])O[C@@H](c3ccc(OCc4ccc(Cl)c(Cl)c4)cc3)C(=O)N5)C(=O)O)cc2)cc1. The van der Waals surface area contributed by atoms with Gasteiger partial charge in [0.25, 0.3) is 21.6 Å². The number of hydrogen-bond donors (Lipinski definition) is 3. The van der Waals surface area contributed by atoms with Gasteiger partial charge in [0.2, 0.25) is 12.0 Å². The van der Waals surface area contributed by atoms with Crippen LogP contribution in [0.15, 0.2) is 132 Å². The summed E-state index contributed by atoms with van der Waals surface area (Å²) in [6.45, 7) is -0.254. The van der Waals surface area contributed by atoms with Crippen molar-refractivity contribution in [2.24, 2.45) is 0 Å². The number of hydrogen-bond acceptors (Lipinski definition) is 10. The third kappa shape index (κ3) is 9.49. The average Bonchev–Trinajstić information content (AvgIpc) is 3.30. The first kappa shape index (κ1) is 44.3. The Morgan fingerprint density at radius 1 is 0.923 bits per heavy atom. The van der Waals surface area contributed by atoms with Crippen LogP contribution in [0.25, 0.3) is 11.1 Å². The number of amides is 2. The van der Waals surface area contributed by atoms with Gasteiger partial charge in [-0.15, -0.1) is 0 Å². The van der Waals surface area contributed by atoms with Gasteiger partial charge in [0.15, 0.2) is 4.90 Å². The number of para-hydroxylation sites is 1. The van der Waals surface area contributed by atoms with E-state index < -0.39 is 68.0 Å². The summed E-state index contributed by atoms with van der Waals surface area (Å²) in [6, 6.07) is 32.5. The van der Waals surface area contributed by atoms with Crippen LogP contribution in [0.4, 0.5) is 11.4 Å². The highest BCUT2D eigenvalue weighted by molar-refractivity contribution is 7.89. The summed E-state index contributed by atoms with van der Waals surface area (Å²) in [5.41, 5.74) is 4.35. The first-order chi connectivity index (χ1) is 31.2. The monoisotopic (exact) mass is 931 g/mol. The number of sulfonamides is 1. The van der Waals surface area contributed by atoms with Crippen molar-refractivity contribution in [3.63, 3.8) is 0 Å². The largest absolute Gasteiger partial charge is 0.489 e. The summed E-state index contributed by atoms with van der Waals surface area (Å²) in [5.74, 6) is -2.12. The smallest absolute Gasteiger partial charge is 0.326 e. The van der Waals surface area contributed by atoms with E-state index in [1.165, 1.54) is 12.1 Å². The number of carboxylic acid groups (broad SMARTS) is 1. The molecular weight excluding hydrogens is 898 g/mol. The van der Waals surface area contributed by atoms with Gasteiger partial charge in [-0.3, -0.25) is 19.7 Å². The van der Waals surface area contributed by atoms with Gasteiger partial charge in [0.1, 0.15) is 30.2 Å². The van der Waals surface area contributed by atoms with E-state index >= 15 is 0 Å². The minimum absolute atomic E-state index is 0.165. The molecule has 0 radical (unpaired) electrons. The fraction of sp³-hybridized carbons (Fsp3) is 0.149. The fourth-order valence-electron chi connectivity index (χ4n) is 7.62. The van der Waals surface area contributed by atoms with E-state index in [0.29, 0.717) is 43.6 Å². The van der Waals surface area contributed by atoms with E-state index in [0.717, 1.165) is 33.1 Å². The third-order valence-corrected chi connectivity index (χ3v) is 13.7. The topological polar surface area (TPSA) is 218 Å². The van der Waals surface area contributed by atoms with Gasteiger partial charge in [0, 0.05) is 24.6 Å².